The average Bonchev–Trinajstić information content (AvgIpc) is 3.31. The quantitative estimate of drug-likeness (QED) is 0.384. The van der Waals surface area contributed by atoms with Crippen LogP contribution in [0.3, 0.4) is 0 Å². The highest BCUT2D eigenvalue weighted by molar-refractivity contribution is 5.96. The maximum atomic E-state index is 12.3. The van der Waals surface area contributed by atoms with E-state index >= 15 is 0 Å². The molecule has 162 valence electrons. The SMILES string of the molecule is C=C/C(N)=C(\C=C)NC(=O)c1ccc(C(=O)NCCCCN(C)C2CCCC2)cn1. The Bertz CT molecular complexity index is 779. The van der Waals surface area contributed by atoms with Gasteiger partial charge in [0.1, 0.15) is 5.69 Å². The summed E-state index contributed by atoms with van der Waals surface area (Å²) in [5.74, 6) is -0.630. The number of nitrogens with zero attached hydrogens (tertiary/aromatic N) is 2. The lowest BCUT2D eigenvalue weighted by Gasteiger charge is -2.23. The maximum absolute atomic E-state index is 12.3. The first-order valence-electron chi connectivity index (χ1n) is 10.5. The largest absolute Gasteiger partial charge is 0.397 e. The Balaban J connectivity index is 1.75. The van der Waals surface area contributed by atoms with E-state index in [4.69, 9.17) is 5.73 Å². The van der Waals surface area contributed by atoms with E-state index in [-0.39, 0.29) is 11.6 Å². The Hall–Kier alpha value is -2.93. The second-order valence-corrected chi connectivity index (χ2v) is 7.55. The van der Waals surface area contributed by atoms with Crippen LogP contribution in [0.2, 0.25) is 0 Å². The first-order valence-corrected chi connectivity index (χ1v) is 10.5. The second kappa shape index (κ2) is 11.9. The Morgan fingerprint density at radius 3 is 2.53 bits per heavy atom. The summed E-state index contributed by atoms with van der Waals surface area (Å²) >= 11 is 0. The monoisotopic (exact) mass is 411 g/mol. The molecule has 1 heterocycles. The van der Waals surface area contributed by atoms with Crippen molar-refractivity contribution in [3.63, 3.8) is 0 Å². The predicted molar refractivity (Wildman–Crippen MR) is 120 cm³/mol. The Morgan fingerprint density at radius 2 is 1.93 bits per heavy atom. The third kappa shape index (κ3) is 6.84. The standard InChI is InChI=1S/C23H33N5O2/c1-4-19(24)20(5-2)27-23(30)21-13-12-17(16-26-21)22(29)25-14-8-9-15-28(3)18-10-6-7-11-18/h4-5,12-13,16,18H,1-2,6-11,14-15,24H2,3H3,(H,25,29)(H,27,30)/b20-19-. The number of unbranched alkanes of at least 4 members (excludes halogenated alkanes) is 1. The van der Waals surface area contributed by atoms with Crippen LogP contribution in [0.25, 0.3) is 0 Å². The van der Waals surface area contributed by atoms with Crippen LogP contribution in [0.15, 0.2) is 55.0 Å². The summed E-state index contributed by atoms with van der Waals surface area (Å²) in [5, 5.41) is 5.53. The fourth-order valence-electron chi connectivity index (χ4n) is 3.52. The van der Waals surface area contributed by atoms with Crippen molar-refractivity contribution in [3.8, 4) is 0 Å². The van der Waals surface area contributed by atoms with Gasteiger partial charge in [-0.25, -0.2) is 0 Å². The zero-order valence-electron chi connectivity index (χ0n) is 17.8. The summed E-state index contributed by atoms with van der Waals surface area (Å²) in [7, 11) is 2.19. The zero-order chi connectivity index (χ0) is 21.9. The summed E-state index contributed by atoms with van der Waals surface area (Å²) in [6, 6.07) is 3.82. The molecule has 0 unspecified atom stereocenters. The molecular formula is C23H33N5O2. The molecule has 0 bridgehead atoms. The highest BCUT2D eigenvalue weighted by Crippen LogP contribution is 2.22. The summed E-state index contributed by atoms with van der Waals surface area (Å²) in [5.41, 5.74) is 7.00. The van der Waals surface area contributed by atoms with Crippen molar-refractivity contribution in [2.75, 3.05) is 20.1 Å². The predicted octanol–water partition coefficient (Wildman–Crippen LogP) is 2.74. The molecule has 0 aliphatic heterocycles. The molecule has 0 spiro atoms. The van der Waals surface area contributed by atoms with Crippen LogP contribution in [0.1, 0.15) is 59.4 Å². The Morgan fingerprint density at radius 1 is 1.20 bits per heavy atom. The lowest BCUT2D eigenvalue weighted by atomic mass is 10.2. The second-order valence-electron chi connectivity index (χ2n) is 7.55. The number of nitrogens with one attached hydrogen (secondary N) is 2. The number of pyridine rings is 1. The van der Waals surface area contributed by atoms with Gasteiger partial charge >= 0.3 is 0 Å². The molecule has 7 heteroatoms. The molecule has 1 aliphatic carbocycles. The van der Waals surface area contributed by atoms with E-state index in [0.29, 0.717) is 23.5 Å². The van der Waals surface area contributed by atoms with E-state index in [1.54, 1.807) is 6.07 Å². The number of carbonyl (C=O) groups is 2. The number of aromatic nitrogens is 1. The normalized spacial score (nSPS) is 14.9. The van der Waals surface area contributed by atoms with E-state index in [1.807, 2.05) is 0 Å². The zero-order valence-corrected chi connectivity index (χ0v) is 17.8. The Kier molecular flexibility index (Phi) is 9.28. The molecule has 4 N–H and O–H groups in total. The van der Waals surface area contributed by atoms with Crippen molar-refractivity contribution in [3.05, 3.63) is 66.3 Å². The van der Waals surface area contributed by atoms with Gasteiger partial charge in [-0.05, 0) is 63.6 Å². The Labute approximate surface area is 179 Å². The van der Waals surface area contributed by atoms with Gasteiger partial charge in [-0.2, -0.15) is 0 Å². The van der Waals surface area contributed by atoms with Gasteiger partial charge in [-0.1, -0.05) is 26.0 Å². The average molecular weight is 412 g/mol. The van der Waals surface area contributed by atoms with E-state index in [1.165, 1.54) is 50.1 Å². The third-order valence-corrected chi connectivity index (χ3v) is 5.41. The number of amides is 2. The van der Waals surface area contributed by atoms with E-state index in [2.05, 4.69) is 40.7 Å². The molecule has 0 atom stereocenters. The minimum Gasteiger partial charge on any atom is -0.397 e. The van der Waals surface area contributed by atoms with Gasteiger partial charge in [0, 0.05) is 18.8 Å². The van der Waals surface area contributed by atoms with Crippen molar-refractivity contribution in [2.24, 2.45) is 5.73 Å². The van der Waals surface area contributed by atoms with Gasteiger partial charge in [0.05, 0.1) is 17.0 Å². The molecule has 2 rings (SSSR count). The fraction of sp³-hybridized carbons (Fsp3) is 0.435. The van der Waals surface area contributed by atoms with Gasteiger partial charge < -0.3 is 21.3 Å². The first-order chi connectivity index (χ1) is 14.5. The highest BCUT2D eigenvalue weighted by atomic mass is 16.2. The first kappa shape index (κ1) is 23.3. The smallest absolute Gasteiger partial charge is 0.274 e. The van der Waals surface area contributed by atoms with Crippen LogP contribution in [0, 0.1) is 0 Å². The molecule has 1 aromatic rings. The molecule has 2 amide bonds. The van der Waals surface area contributed by atoms with E-state index < -0.39 is 5.91 Å². The number of carbonyl (C=O) groups excluding carboxylic acids is 2. The third-order valence-electron chi connectivity index (χ3n) is 5.41. The van der Waals surface area contributed by atoms with Crippen LogP contribution in [0.5, 0.6) is 0 Å². The lowest BCUT2D eigenvalue weighted by Crippen LogP contribution is -2.31. The van der Waals surface area contributed by atoms with Crippen molar-refractivity contribution in [2.45, 2.75) is 44.6 Å². The van der Waals surface area contributed by atoms with Crippen LogP contribution in [-0.4, -0.2) is 47.9 Å². The van der Waals surface area contributed by atoms with Crippen molar-refractivity contribution >= 4 is 11.8 Å². The molecule has 0 radical (unpaired) electrons. The molecule has 7 nitrogen and oxygen atoms in total. The van der Waals surface area contributed by atoms with Crippen molar-refractivity contribution < 1.29 is 9.59 Å². The number of hydrogen-bond acceptors (Lipinski definition) is 5. The topological polar surface area (TPSA) is 100 Å². The fourth-order valence-corrected chi connectivity index (χ4v) is 3.52. The number of hydrogen-bond donors (Lipinski definition) is 3. The van der Waals surface area contributed by atoms with Crippen molar-refractivity contribution in [1.82, 2.24) is 20.5 Å². The lowest BCUT2D eigenvalue weighted by molar-refractivity contribution is 0.0943. The van der Waals surface area contributed by atoms with Gasteiger partial charge in [0.15, 0.2) is 0 Å². The molecule has 1 aliphatic rings. The number of nitrogens with two attached hydrogens (primary N) is 1. The molecule has 30 heavy (non-hydrogen) atoms. The molecule has 1 fully saturated rings. The van der Waals surface area contributed by atoms with Crippen LogP contribution >= 0.6 is 0 Å². The number of rotatable bonds is 11. The van der Waals surface area contributed by atoms with Gasteiger partial charge in [-0.15, -0.1) is 0 Å². The molecular weight excluding hydrogens is 378 g/mol. The van der Waals surface area contributed by atoms with Gasteiger partial charge in [0.25, 0.3) is 11.8 Å². The van der Waals surface area contributed by atoms with Crippen molar-refractivity contribution in [1.29, 1.82) is 0 Å². The summed E-state index contributed by atoms with van der Waals surface area (Å²) < 4.78 is 0. The summed E-state index contributed by atoms with van der Waals surface area (Å²) in [4.78, 5) is 31.1. The number of allylic oxidation sites excluding steroid dienone is 2. The molecule has 1 aromatic heterocycles. The highest BCUT2D eigenvalue weighted by Gasteiger charge is 2.18. The molecule has 0 saturated heterocycles. The summed E-state index contributed by atoms with van der Waals surface area (Å²) in [6.07, 6.45) is 11.5. The minimum absolute atomic E-state index is 0.178. The van der Waals surface area contributed by atoms with E-state index in [9.17, 15) is 9.59 Å². The van der Waals surface area contributed by atoms with E-state index in [0.717, 1.165) is 25.4 Å². The van der Waals surface area contributed by atoms with Gasteiger partial charge in [0.2, 0.25) is 0 Å². The molecule has 0 aromatic carbocycles. The molecule has 1 saturated carbocycles. The van der Waals surface area contributed by atoms with Crippen LogP contribution in [-0.2, 0) is 0 Å². The van der Waals surface area contributed by atoms with Crippen LogP contribution in [0.4, 0.5) is 0 Å². The maximum Gasteiger partial charge on any atom is 0.274 e. The summed E-state index contributed by atoms with van der Waals surface area (Å²) in [6.45, 7) is 8.85. The minimum atomic E-state index is -0.437. The van der Waals surface area contributed by atoms with Gasteiger partial charge in [-0.3, -0.25) is 14.6 Å². The van der Waals surface area contributed by atoms with Crippen LogP contribution < -0.4 is 16.4 Å².